The van der Waals surface area contributed by atoms with Crippen LogP contribution in [0.1, 0.15) is 18.4 Å². The van der Waals surface area contributed by atoms with Crippen molar-refractivity contribution in [1.82, 2.24) is 10.6 Å². The molecule has 116 valence electrons. The maximum Gasteiger partial charge on any atom is 0.239 e. The van der Waals surface area contributed by atoms with E-state index in [-0.39, 0.29) is 29.8 Å². The zero-order valence-electron chi connectivity index (χ0n) is 11.7. The molecule has 0 bridgehead atoms. The van der Waals surface area contributed by atoms with Crippen LogP contribution in [0.4, 0.5) is 0 Å². The molecular formula is C15H20Cl2N2O2. The van der Waals surface area contributed by atoms with Gasteiger partial charge < -0.3 is 15.4 Å². The van der Waals surface area contributed by atoms with Gasteiger partial charge in [0.2, 0.25) is 5.91 Å². The van der Waals surface area contributed by atoms with E-state index >= 15 is 0 Å². The summed E-state index contributed by atoms with van der Waals surface area (Å²) in [5, 5.41) is 6.97. The highest BCUT2D eigenvalue weighted by Gasteiger charge is 2.44. The minimum absolute atomic E-state index is 0. The fourth-order valence-electron chi connectivity index (χ4n) is 2.65. The first-order valence-corrected chi connectivity index (χ1v) is 7.42. The second-order valence-corrected chi connectivity index (χ2v) is 6.03. The number of rotatable bonds is 4. The SMILES string of the molecule is Cl.O=C(NCC1(c2cccc(Cl)c2)CC1)C1COCCN1. The maximum atomic E-state index is 12.1. The van der Waals surface area contributed by atoms with Crippen molar-refractivity contribution in [3.05, 3.63) is 34.9 Å². The van der Waals surface area contributed by atoms with Gasteiger partial charge in [0, 0.05) is 23.5 Å². The molecule has 21 heavy (non-hydrogen) atoms. The third kappa shape index (κ3) is 3.89. The van der Waals surface area contributed by atoms with Gasteiger partial charge in [0.25, 0.3) is 0 Å². The molecule has 1 heterocycles. The number of amides is 1. The van der Waals surface area contributed by atoms with Crippen LogP contribution in [0.25, 0.3) is 0 Å². The lowest BCUT2D eigenvalue weighted by molar-refractivity contribution is -0.126. The van der Waals surface area contributed by atoms with Crippen molar-refractivity contribution in [2.45, 2.75) is 24.3 Å². The molecule has 0 spiro atoms. The molecule has 4 nitrogen and oxygen atoms in total. The van der Waals surface area contributed by atoms with Crippen molar-refractivity contribution < 1.29 is 9.53 Å². The third-order valence-electron chi connectivity index (χ3n) is 4.13. The van der Waals surface area contributed by atoms with E-state index in [2.05, 4.69) is 16.7 Å². The molecule has 6 heteroatoms. The van der Waals surface area contributed by atoms with Gasteiger partial charge in [0.05, 0.1) is 13.2 Å². The molecule has 1 aromatic carbocycles. The van der Waals surface area contributed by atoms with Crippen LogP contribution in [0.2, 0.25) is 5.02 Å². The number of ether oxygens (including phenoxy) is 1. The number of carbonyl (C=O) groups excluding carboxylic acids is 1. The number of nitrogens with one attached hydrogen (secondary N) is 2. The van der Waals surface area contributed by atoms with Gasteiger partial charge in [-0.2, -0.15) is 0 Å². The van der Waals surface area contributed by atoms with Crippen molar-refractivity contribution in [3.8, 4) is 0 Å². The van der Waals surface area contributed by atoms with Crippen LogP contribution in [0.15, 0.2) is 24.3 Å². The molecule has 1 aliphatic carbocycles. The molecule has 1 atom stereocenters. The number of benzene rings is 1. The molecule has 2 N–H and O–H groups in total. The summed E-state index contributed by atoms with van der Waals surface area (Å²) in [5.74, 6) is 0.0259. The number of halogens is 2. The molecule has 2 fully saturated rings. The Bertz CT molecular complexity index is 500. The van der Waals surface area contributed by atoms with Gasteiger partial charge in [-0.1, -0.05) is 23.7 Å². The molecule has 0 radical (unpaired) electrons. The van der Waals surface area contributed by atoms with E-state index in [4.69, 9.17) is 16.3 Å². The average Bonchev–Trinajstić information content (AvgIpc) is 3.27. The summed E-state index contributed by atoms with van der Waals surface area (Å²) in [4.78, 5) is 12.1. The Labute approximate surface area is 136 Å². The number of morpholine rings is 1. The lowest BCUT2D eigenvalue weighted by atomic mass is 9.96. The van der Waals surface area contributed by atoms with Crippen LogP contribution in [-0.4, -0.2) is 38.3 Å². The van der Waals surface area contributed by atoms with E-state index in [1.807, 2.05) is 18.2 Å². The average molecular weight is 331 g/mol. The lowest BCUT2D eigenvalue weighted by Gasteiger charge is -2.24. The number of hydrogen-bond donors (Lipinski definition) is 2. The van der Waals surface area contributed by atoms with Crippen LogP contribution in [0.5, 0.6) is 0 Å². The molecule has 0 aromatic heterocycles. The van der Waals surface area contributed by atoms with Crippen LogP contribution in [0, 0.1) is 0 Å². The minimum Gasteiger partial charge on any atom is -0.378 e. The van der Waals surface area contributed by atoms with E-state index in [9.17, 15) is 4.79 Å². The smallest absolute Gasteiger partial charge is 0.239 e. The van der Waals surface area contributed by atoms with E-state index < -0.39 is 0 Å². The quantitative estimate of drug-likeness (QED) is 0.886. The lowest BCUT2D eigenvalue weighted by Crippen LogP contribution is -2.52. The van der Waals surface area contributed by atoms with E-state index in [0.29, 0.717) is 19.8 Å². The van der Waals surface area contributed by atoms with Gasteiger partial charge in [-0.15, -0.1) is 12.4 Å². The van der Waals surface area contributed by atoms with Crippen molar-refractivity contribution in [3.63, 3.8) is 0 Å². The molecule has 1 saturated carbocycles. The largest absolute Gasteiger partial charge is 0.378 e. The predicted molar refractivity (Wildman–Crippen MR) is 85.2 cm³/mol. The standard InChI is InChI=1S/C15H19ClN2O2.ClH/c16-12-3-1-2-11(8-12)15(4-5-15)10-18-14(19)13-9-20-7-6-17-13;/h1-3,8,13,17H,4-7,9-10H2,(H,18,19);1H. The molecule has 3 rings (SSSR count). The third-order valence-corrected chi connectivity index (χ3v) is 4.36. The van der Waals surface area contributed by atoms with Gasteiger partial charge in [-0.05, 0) is 30.5 Å². The van der Waals surface area contributed by atoms with Crippen molar-refractivity contribution in [2.75, 3.05) is 26.3 Å². The molecule has 1 unspecified atom stereocenters. The van der Waals surface area contributed by atoms with Gasteiger partial charge >= 0.3 is 0 Å². The van der Waals surface area contributed by atoms with Gasteiger partial charge in [-0.25, -0.2) is 0 Å². The topological polar surface area (TPSA) is 50.4 Å². The fourth-order valence-corrected chi connectivity index (χ4v) is 2.84. The van der Waals surface area contributed by atoms with Crippen LogP contribution in [0.3, 0.4) is 0 Å². The normalized spacial score (nSPS) is 23.0. The highest BCUT2D eigenvalue weighted by molar-refractivity contribution is 6.30. The van der Waals surface area contributed by atoms with Gasteiger partial charge in [0.1, 0.15) is 6.04 Å². The first-order valence-electron chi connectivity index (χ1n) is 7.05. The number of carbonyl (C=O) groups is 1. The van der Waals surface area contributed by atoms with Crippen LogP contribution >= 0.6 is 24.0 Å². The first kappa shape index (κ1) is 16.6. The summed E-state index contributed by atoms with van der Waals surface area (Å²) >= 11 is 6.05. The second-order valence-electron chi connectivity index (χ2n) is 5.59. The van der Waals surface area contributed by atoms with Gasteiger partial charge in [-0.3, -0.25) is 4.79 Å². The summed E-state index contributed by atoms with van der Waals surface area (Å²) in [7, 11) is 0. The summed E-state index contributed by atoms with van der Waals surface area (Å²) in [5.41, 5.74) is 1.30. The highest BCUT2D eigenvalue weighted by atomic mass is 35.5. The molecule has 1 amide bonds. The zero-order valence-corrected chi connectivity index (χ0v) is 13.3. The second kappa shape index (κ2) is 6.97. The van der Waals surface area contributed by atoms with Crippen LogP contribution in [-0.2, 0) is 14.9 Å². The summed E-state index contributed by atoms with van der Waals surface area (Å²) in [6.07, 6.45) is 2.20. The van der Waals surface area contributed by atoms with Crippen molar-refractivity contribution >= 4 is 29.9 Å². The molecule has 1 aliphatic heterocycles. The van der Waals surface area contributed by atoms with E-state index in [1.54, 1.807) is 0 Å². The predicted octanol–water partition coefficient (Wildman–Crippen LogP) is 1.90. The summed E-state index contributed by atoms with van der Waals surface area (Å²) in [6.45, 7) is 2.54. The molecule has 1 aromatic rings. The number of hydrogen-bond acceptors (Lipinski definition) is 3. The minimum atomic E-state index is -0.223. The Hall–Kier alpha value is -0.810. The summed E-state index contributed by atoms with van der Waals surface area (Å²) < 4.78 is 5.31. The Morgan fingerprint density at radius 3 is 2.90 bits per heavy atom. The fraction of sp³-hybridized carbons (Fsp3) is 0.533. The maximum absolute atomic E-state index is 12.1. The monoisotopic (exact) mass is 330 g/mol. The van der Waals surface area contributed by atoms with Gasteiger partial charge in [0.15, 0.2) is 0 Å². The molecular weight excluding hydrogens is 311 g/mol. The molecule has 1 saturated heterocycles. The van der Waals surface area contributed by atoms with E-state index in [0.717, 1.165) is 24.4 Å². The van der Waals surface area contributed by atoms with Crippen LogP contribution < -0.4 is 10.6 Å². The summed E-state index contributed by atoms with van der Waals surface area (Å²) in [6, 6.07) is 7.72. The van der Waals surface area contributed by atoms with E-state index in [1.165, 1.54) is 5.56 Å². The Balaban J connectivity index is 0.00000161. The van der Waals surface area contributed by atoms with Crippen molar-refractivity contribution in [1.29, 1.82) is 0 Å². The Morgan fingerprint density at radius 2 is 2.29 bits per heavy atom. The first-order chi connectivity index (χ1) is 9.70. The Kier molecular flexibility index (Phi) is 5.49. The zero-order chi connectivity index (χ0) is 14.0. The highest BCUT2D eigenvalue weighted by Crippen LogP contribution is 2.48. The Morgan fingerprint density at radius 1 is 1.48 bits per heavy atom. The van der Waals surface area contributed by atoms with Crippen molar-refractivity contribution in [2.24, 2.45) is 0 Å². The molecule has 2 aliphatic rings.